The van der Waals surface area contributed by atoms with Crippen molar-refractivity contribution in [3.8, 4) is 0 Å². The molecule has 0 amide bonds. The van der Waals surface area contributed by atoms with Crippen LogP contribution in [0.25, 0.3) is 0 Å². The molecule has 0 radical (unpaired) electrons. The first kappa shape index (κ1) is 12.6. The van der Waals surface area contributed by atoms with Gasteiger partial charge in [0, 0.05) is 17.4 Å². The van der Waals surface area contributed by atoms with E-state index in [9.17, 15) is 9.50 Å². The second-order valence-corrected chi connectivity index (χ2v) is 4.79. The number of hydrogen-bond donors (Lipinski definition) is 2. The summed E-state index contributed by atoms with van der Waals surface area (Å²) >= 11 is 3.34. The number of nitrogens with one attached hydrogen (secondary N) is 1. The Hall–Kier alpha value is -0.450. The summed E-state index contributed by atoms with van der Waals surface area (Å²) < 4.78 is 13.8. The van der Waals surface area contributed by atoms with E-state index >= 15 is 0 Å². The van der Waals surface area contributed by atoms with Gasteiger partial charge >= 0.3 is 0 Å². The summed E-state index contributed by atoms with van der Waals surface area (Å²) in [6.07, 6.45) is 0.409. The van der Waals surface area contributed by atoms with Crippen LogP contribution in [0.4, 0.5) is 4.39 Å². The van der Waals surface area contributed by atoms with Crippen LogP contribution in [0.1, 0.15) is 12.5 Å². The predicted octanol–water partition coefficient (Wildman–Crippen LogP) is 2.10. The minimum absolute atomic E-state index is 0.284. The van der Waals surface area contributed by atoms with Crippen LogP contribution in [0.15, 0.2) is 22.7 Å². The Labute approximate surface area is 97.6 Å². The van der Waals surface area contributed by atoms with Crippen molar-refractivity contribution < 1.29 is 9.50 Å². The minimum atomic E-state index is -0.870. The zero-order chi connectivity index (χ0) is 11.5. The van der Waals surface area contributed by atoms with Gasteiger partial charge in [0.1, 0.15) is 5.82 Å². The number of hydrogen-bond acceptors (Lipinski definition) is 2. The van der Waals surface area contributed by atoms with E-state index in [2.05, 4.69) is 21.2 Å². The quantitative estimate of drug-likeness (QED) is 0.882. The lowest BCUT2D eigenvalue weighted by atomic mass is 9.96. The average Bonchev–Trinajstić information content (AvgIpc) is 2.10. The van der Waals surface area contributed by atoms with Gasteiger partial charge in [0.2, 0.25) is 0 Å². The third-order valence-electron chi connectivity index (χ3n) is 2.14. The lowest BCUT2D eigenvalue weighted by Crippen LogP contribution is -2.38. The lowest BCUT2D eigenvalue weighted by Gasteiger charge is -2.23. The molecule has 0 saturated heterocycles. The fourth-order valence-corrected chi connectivity index (χ4v) is 1.92. The van der Waals surface area contributed by atoms with E-state index in [-0.39, 0.29) is 5.82 Å². The Morgan fingerprint density at radius 1 is 1.53 bits per heavy atom. The molecule has 0 aliphatic heterocycles. The first-order chi connectivity index (χ1) is 6.94. The molecule has 0 spiro atoms. The molecule has 0 aliphatic rings. The Kier molecular flexibility index (Phi) is 4.25. The molecule has 0 aliphatic carbocycles. The Bertz CT molecular complexity index is 341. The van der Waals surface area contributed by atoms with E-state index < -0.39 is 5.60 Å². The molecule has 15 heavy (non-hydrogen) atoms. The Balaban J connectivity index is 2.83. The zero-order valence-corrected chi connectivity index (χ0v) is 10.4. The number of benzene rings is 1. The van der Waals surface area contributed by atoms with Crippen LogP contribution >= 0.6 is 15.9 Å². The van der Waals surface area contributed by atoms with E-state index in [1.54, 1.807) is 20.0 Å². The molecule has 1 atom stereocenters. The standard InChI is InChI=1S/C11H15BrFNO/c1-11(15,7-14-2)6-8-5-9(13)3-4-10(8)12/h3-5,14-15H,6-7H2,1-2H3. The topological polar surface area (TPSA) is 32.3 Å². The molecule has 0 saturated carbocycles. The number of aliphatic hydroxyl groups is 1. The fourth-order valence-electron chi connectivity index (χ4n) is 1.53. The van der Waals surface area contributed by atoms with Gasteiger partial charge in [-0.15, -0.1) is 0 Å². The van der Waals surface area contributed by atoms with Gasteiger partial charge in [0.15, 0.2) is 0 Å². The van der Waals surface area contributed by atoms with E-state index in [1.807, 2.05) is 0 Å². The van der Waals surface area contributed by atoms with Crippen LogP contribution < -0.4 is 5.32 Å². The third-order valence-corrected chi connectivity index (χ3v) is 2.91. The van der Waals surface area contributed by atoms with E-state index in [4.69, 9.17) is 0 Å². The molecule has 4 heteroatoms. The molecule has 2 N–H and O–H groups in total. The molecule has 2 nitrogen and oxygen atoms in total. The monoisotopic (exact) mass is 275 g/mol. The molecule has 0 aromatic heterocycles. The fraction of sp³-hybridized carbons (Fsp3) is 0.455. The highest BCUT2D eigenvalue weighted by atomic mass is 79.9. The van der Waals surface area contributed by atoms with Crippen molar-refractivity contribution in [1.29, 1.82) is 0 Å². The third kappa shape index (κ3) is 3.89. The minimum Gasteiger partial charge on any atom is -0.389 e. The summed E-state index contributed by atoms with van der Waals surface area (Å²) in [4.78, 5) is 0. The smallest absolute Gasteiger partial charge is 0.123 e. The van der Waals surface area contributed by atoms with Crippen LogP contribution in [-0.2, 0) is 6.42 Å². The highest BCUT2D eigenvalue weighted by Crippen LogP contribution is 2.22. The normalized spacial score (nSPS) is 15.0. The van der Waals surface area contributed by atoms with Crippen LogP contribution in [0.2, 0.25) is 0 Å². The van der Waals surface area contributed by atoms with Crippen molar-refractivity contribution in [2.45, 2.75) is 18.9 Å². The largest absolute Gasteiger partial charge is 0.389 e. The molecule has 1 unspecified atom stereocenters. The Morgan fingerprint density at radius 2 is 2.20 bits per heavy atom. The van der Waals surface area contributed by atoms with Crippen molar-refractivity contribution in [2.75, 3.05) is 13.6 Å². The summed E-state index contributed by atoms with van der Waals surface area (Å²) in [7, 11) is 1.77. The van der Waals surface area contributed by atoms with E-state index in [0.717, 1.165) is 10.0 Å². The molecule has 1 aromatic carbocycles. The maximum atomic E-state index is 13.0. The maximum absolute atomic E-state index is 13.0. The van der Waals surface area contributed by atoms with Crippen molar-refractivity contribution >= 4 is 15.9 Å². The van der Waals surface area contributed by atoms with Gasteiger partial charge in [-0.05, 0) is 37.7 Å². The van der Waals surface area contributed by atoms with Gasteiger partial charge in [-0.3, -0.25) is 0 Å². The van der Waals surface area contributed by atoms with Gasteiger partial charge in [0.25, 0.3) is 0 Å². The molecule has 1 rings (SSSR count). The van der Waals surface area contributed by atoms with Crippen LogP contribution in [0.5, 0.6) is 0 Å². The highest BCUT2D eigenvalue weighted by Gasteiger charge is 2.21. The molecule has 0 heterocycles. The molecular formula is C11H15BrFNO. The highest BCUT2D eigenvalue weighted by molar-refractivity contribution is 9.10. The maximum Gasteiger partial charge on any atom is 0.123 e. The Morgan fingerprint density at radius 3 is 2.80 bits per heavy atom. The molecule has 84 valence electrons. The molecule has 0 fully saturated rings. The SMILES string of the molecule is CNCC(C)(O)Cc1cc(F)ccc1Br. The molecular weight excluding hydrogens is 261 g/mol. The average molecular weight is 276 g/mol. The summed E-state index contributed by atoms with van der Waals surface area (Å²) in [5.74, 6) is -0.284. The van der Waals surface area contributed by atoms with Crippen LogP contribution in [0.3, 0.4) is 0 Å². The second kappa shape index (κ2) is 5.05. The van der Waals surface area contributed by atoms with Crippen molar-refractivity contribution in [3.05, 3.63) is 34.1 Å². The first-order valence-electron chi connectivity index (χ1n) is 4.75. The molecule has 0 bridgehead atoms. The second-order valence-electron chi connectivity index (χ2n) is 3.94. The summed E-state index contributed by atoms with van der Waals surface area (Å²) in [6.45, 7) is 2.19. The van der Waals surface area contributed by atoms with Gasteiger partial charge in [0.05, 0.1) is 5.60 Å². The van der Waals surface area contributed by atoms with Crippen LogP contribution in [-0.4, -0.2) is 24.3 Å². The predicted molar refractivity (Wildman–Crippen MR) is 62.4 cm³/mol. The van der Waals surface area contributed by atoms with Gasteiger partial charge in [-0.1, -0.05) is 15.9 Å². The van der Waals surface area contributed by atoms with Gasteiger partial charge < -0.3 is 10.4 Å². The van der Waals surface area contributed by atoms with Crippen molar-refractivity contribution in [3.63, 3.8) is 0 Å². The van der Waals surface area contributed by atoms with Crippen molar-refractivity contribution in [1.82, 2.24) is 5.32 Å². The van der Waals surface area contributed by atoms with E-state index in [1.165, 1.54) is 12.1 Å². The molecule has 1 aromatic rings. The number of halogens is 2. The first-order valence-corrected chi connectivity index (χ1v) is 5.55. The lowest BCUT2D eigenvalue weighted by molar-refractivity contribution is 0.0620. The summed E-state index contributed by atoms with van der Waals surface area (Å²) in [5, 5.41) is 12.9. The van der Waals surface area contributed by atoms with E-state index in [0.29, 0.717) is 13.0 Å². The number of likely N-dealkylation sites (N-methyl/N-ethyl adjacent to an activating group) is 1. The van der Waals surface area contributed by atoms with Crippen LogP contribution in [0, 0.1) is 5.82 Å². The van der Waals surface area contributed by atoms with Gasteiger partial charge in [-0.25, -0.2) is 4.39 Å². The van der Waals surface area contributed by atoms with Crippen molar-refractivity contribution in [2.24, 2.45) is 0 Å². The summed E-state index contributed by atoms with van der Waals surface area (Å²) in [6, 6.07) is 4.48. The number of rotatable bonds is 4. The summed E-state index contributed by atoms with van der Waals surface area (Å²) in [5.41, 5.74) is -0.0966. The zero-order valence-electron chi connectivity index (χ0n) is 8.85. The van der Waals surface area contributed by atoms with Gasteiger partial charge in [-0.2, -0.15) is 0 Å².